The van der Waals surface area contributed by atoms with Crippen LogP contribution in [0.4, 0.5) is 5.82 Å². The van der Waals surface area contributed by atoms with E-state index in [2.05, 4.69) is 15.3 Å². The number of nitrogens with two attached hydrogens (primary N) is 1. The first-order valence-corrected chi connectivity index (χ1v) is 4.82. The summed E-state index contributed by atoms with van der Waals surface area (Å²) in [6, 6.07) is 0.341. The molecule has 1 heterocycles. The number of carbonyl (C=O) groups is 2. The van der Waals surface area contributed by atoms with Crippen LogP contribution < -0.4 is 16.7 Å². The monoisotopic (exact) mass is 312 g/mol. The third-order valence-corrected chi connectivity index (χ3v) is 1.95. The van der Waals surface area contributed by atoms with Crippen LogP contribution in [0.1, 0.15) is 12.8 Å². The molecule has 0 aliphatic carbocycles. The molecule has 0 unspecified atom stereocenters. The van der Waals surface area contributed by atoms with Crippen LogP contribution in [0.2, 0.25) is 0 Å². The second-order valence-electron chi connectivity index (χ2n) is 3.32. The largest absolute Gasteiger partial charge is 0.480 e. The molecule has 0 spiro atoms. The van der Waals surface area contributed by atoms with Crippen molar-refractivity contribution in [1.82, 2.24) is 9.97 Å². The summed E-state index contributed by atoms with van der Waals surface area (Å²) in [6.45, 7) is 0. The van der Waals surface area contributed by atoms with E-state index in [1.54, 1.807) is 0 Å². The maximum Gasteiger partial charge on any atom is 0.346 e. The first-order chi connectivity index (χ1) is 7.99. The number of halogens is 2. The molecule has 0 aromatic carbocycles. The molecule has 0 aliphatic rings. The topological polar surface area (TPSA) is 138 Å². The second kappa shape index (κ2) is 9.31. The second-order valence-corrected chi connectivity index (χ2v) is 3.32. The predicted octanol–water partition coefficient (Wildman–Crippen LogP) is -0.256. The lowest BCUT2D eigenvalue weighted by atomic mass is 10.1. The smallest absolute Gasteiger partial charge is 0.346 e. The summed E-state index contributed by atoms with van der Waals surface area (Å²) < 4.78 is 0. The number of aliphatic carboxylic acids is 1. The zero-order valence-electron chi connectivity index (χ0n) is 9.66. The SMILES string of the molecule is Cl.Cl.N[C@@H](CCC(=O)Nc1ccnc(=O)[nH]1)C(=O)O. The highest BCUT2D eigenvalue weighted by Gasteiger charge is 2.13. The van der Waals surface area contributed by atoms with Crippen LogP contribution in [-0.4, -0.2) is 33.0 Å². The van der Waals surface area contributed by atoms with E-state index in [4.69, 9.17) is 10.8 Å². The molecular formula is C9H14Cl2N4O4. The maximum atomic E-state index is 11.3. The van der Waals surface area contributed by atoms with Gasteiger partial charge in [0.2, 0.25) is 5.91 Å². The molecular weight excluding hydrogens is 299 g/mol. The Morgan fingerprint density at radius 3 is 2.63 bits per heavy atom. The number of carboxylic acids is 1. The normalized spacial score (nSPS) is 10.6. The average Bonchev–Trinajstić information content (AvgIpc) is 2.25. The van der Waals surface area contributed by atoms with Gasteiger partial charge in [0, 0.05) is 12.6 Å². The van der Waals surface area contributed by atoms with E-state index < -0.39 is 23.6 Å². The molecule has 1 aromatic rings. The number of nitrogens with zero attached hydrogens (tertiary/aromatic N) is 1. The number of anilines is 1. The van der Waals surface area contributed by atoms with E-state index in [0.717, 1.165) is 0 Å². The number of H-pyrrole nitrogens is 1. The minimum atomic E-state index is -1.16. The molecule has 0 bridgehead atoms. The number of hydrogen-bond donors (Lipinski definition) is 4. The maximum absolute atomic E-state index is 11.3. The summed E-state index contributed by atoms with van der Waals surface area (Å²) in [4.78, 5) is 38.2. The molecule has 108 valence electrons. The fourth-order valence-electron chi connectivity index (χ4n) is 1.06. The molecule has 1 amide bonds. The van der Waals surface area contributed by atoms with Crippen LogP contribution >= 0.6 is 24.8 Å². The highest BCUT2D eigenvalue weighted by Crippen LogP contribution is 2.00. The number of nitrogens with one attached hydrogen (secondary N) is 2. The van der Waals surface area contributed by atoms with Crippen molar-refractivity contribution >= 4 is 42.5 Å². The molecule has 8 nitrogen and oxygen atoms in total. The van der Waals surface area contributed by atoms with Crippen molar-refractivity contribution in [3.05, 3.63) is 22.7 Å². The molecule has 1 atom stereocenters. The van der Waals surface area contributed by atoms with Crippen molar-refractivity contribution in [2.24, 2.45) is 5.73 Å². The van der Waals surface area contributed by atoms with Crippen LogP contribution in [0.15, 0.2) is 17.1 Å². The molecule has 0 saturated heterocycles. The summed E-state index contributed by atoms with van der Waals surface area (Å²) in [7, 11) is 0. The summed E-state index contributed by atoms with van der Waals surface area (Å²) in [6.07, 6.45) is 1.23. The molecule has 5 N–H and O–H groups in total. The quantitative estimate of drug-likeness (QED) is 0.591. The Hall–Kier alpha value is -1.64. The molecule has 1 rings (SSSR count). The van der Waals surface area contributed by atoms with Gasteiger partial charge >= 0.3 is 11.7 Å². The molecule has 0 radical (unpaired) electrons. The van der Waals surface area contributed by atoms with E-state index in [1.165, 1.54) is 12.3 Å². The van der Waals surface area contributed by atoms with Crippen molar-refractivity contribution in [3.63, 3.8) is 0 Å². The van der Waals surface area contributed by atoms with Crippen LogP contribution in [0.25, 0.3) is 0 Å². The lowest BCUT2D eigenvalue weighted by Gasteiger charge is -2.06. The number of carbonyl (C=O) groups excluding carboxylic acids is 1. The Kier molecular flexibility index (Phi) is 9.65. The van der Waals surface area contributed by atoms with Gasteiger partial charge in [-0.2, -0.15) is 0 Å². The Morgan fingerprint density at radius 2 is 2.11 bits per heavy atom. The predicted molar refractivity (Wildman–Crippen MR) is 72.8 cm³/mol. The third kappa shape index (κ3) is 7.39. The molecule has 0 fully saturated rings. The Morgan fingerprint density at radius 1 is 1.47 bits per heavy atom. The summed E-state index contributed by atoms with van der Waals surface area (Å²) in [5, 5.41) is 10.9. The number of hydrogen-bond acceptors (Lipinski definition) is 5. The van der Waals surface area contributed by atoms with E-state index >= 15 is 0 Å². The first-order valence-electron chi connectivity index (χ1n) is 4.82. The van der Waals surface area contributed by atoms with Crippen molar-refractivity contribution in [1.29, 1.82) is 0 Å². The Bertz CT molecular complexity index is 479. The number of carboxylic acid groups (broad SMARTS) is 1. The zero-order chi connectivity index (χ0) is 12.8. The van der Waals surface area contributed by atoms with Crippen molar-refractivity contribution in [2.45, 2.75) is 18.9 Å². The van der Waals surface area contributed by atoms with Crippen LogP contribution in [0.3, 0.4) is 0 Å². The standard InChI is InChI=1S/C9H12N4O4.2ClH/c10-5(8(15)16)1-2-7(14)12-6-3-4-11-9(17)13-6;;/h3-5H,1-2,10H2,(H,15,16)(H2,11,12,13,14,17);2*1H/t5-;;/m0../s1. The number of rotatable bonds is 5. The highest BCUT2D eigenvalue weighted by atomic mass is 35.5. The summed E-state index contributed by atoms with van der Waals surface area (Å²) in [5.41, 5.74) is 4.66. The van der Waals surface area contributed by atoms with Gasteiger partial charge in [-0.3, -0.25) is 14.6 Å². The number of aromatic nitrogens is 2. The van der Waals surface area contributed by atoms with Gasteiger partial charge in [-0.1, -0.05) is 0 Å². The van der Waals surface area contributed by atoms with Crippen LogP contribution in [-0.2, 0) is 9.59 Å². The van der Waals surface area contributed by atoms with Crippen LogP contribution in [0.5, 0.6) is 0 Å². The van der Waals surface area contributed by atoms with E-state index in [-0.39, 0.29) is 43.5 Å². The Balaban J connectivity index is 0. The van der Waals surface area contributed by atoms with Crippen molar-refractivity contribution in [2.75, 3.05) is 5.32 Å². The van der Waals surface area contributed by atoms with Crippen molar-refractivity contribution in [3.8, 4) is 0 Å². The zero-order valence-corrected chi connectivity index (χ0v) is 11.3. The van der Waals surface area contributed by atoms with Gasteiger partial charge in [0.15, 0.2) is 0 Å². The molecule has 19 heavy (non-hydrogen) atoms. The van der Waals surface area contributed by atoms with E-state index in [9.17, 15) is 14.4 Å². The Labute approximate surface area is 120 Å². The van der Waals surface area contributed by atoms with Gasteiger partial charge in [-0.15, -0.1) is 24.8 Å². The number of amides is 1. The van der Waals surface area contributed by atoms with Gasteiger partial charge in [-0.05, 0) is 12.5 Å². The third-order valence-electron chi connectivity index (χ3n) is 1.95. The summed E-state index contributed by atoms with van der Waals surface area (Å²) in [5.74, 6) is -1.38. The minimum absolute atomic E-state index is 0. The van der Waals surface area contributed by atoms with E-state index in [0.29, 0.717) is 0 Å². The van der Waals surface area contributed by atoms with Gasteiger partial charge < -0.3 is 16.2 Å². The van der Waals surface area contributed by atoms with E-state index in [1.807, 2.05) is 0 Å². The minimum Gasteiger partial charge on any atom is -0.480 e. The fourth-order valence-corrected chi connectivity index (χ4v) is 1.06. The van der Waals surface area contributed by atoms with Gasteiger partial charge in [-0.25, -0.2) is 9.78 Å². The van der Waals surface area contributed by atoms with Gasteiger partial charge in [0.25, 0.3) is 0 Å². The van der Waals surface area contributed by atoms with Gasteiger partial charge in [0.05, 0.1) is 0 Å². The first kappa shape index (κ1) is 19.7. The van der Waals surface area contributed by atoms with Crippen LogP contribution in [0, 0.1) is 0 Å². The highest BCUT2D eigenvalue weighted by molar-refractivity contribution is 5.90. The molecule has 10 heteroatoms. The number of aromatic amines is 1. The fraction of sp³-hybridized carbons (Fsp3) is 0.333. The van der Waals surface area contributed by atoms with Gasteiger partial charge in [0.1, 0.15) is 11.9 Å². The lowest BCUT2D eigenvalue weighted by molar-refractivity contribution is -0.138. The molecule has 0 aliphatic heterocycles. The summed E-state index contributed by atoms with van der Waals surface area (Å²) >= 11 is 0. The molecule has 1 aromatic heterocycles. The molecule has 0 saturated carbocycles. The average molecular weight is 313 g/mol. The van der Waals surface area contributed by atoms with Crippen molar-refractivity contribution < 1.29 is 14.7 Å². The lowest BCUT2D eigenvalue weighted by Crippen LogP contribution is -2.31.